The highest BCUT2D eigenvalue weighted by molar-refractivity contribution is 5.93. The summed E-state index contributed by atoms with van der Waals surface area (Å²) in [7, 11) is 1.78. The Balaban J connectivity index is 2.26. The molecule has 0 aliphatic rings. The van der Waals surface area contributed by atoms with Crippen molar-refractivity contribution in [3.63, 3.8) is 0 Å². The number of hydrogen-bond acceptors (Lipinski definition) is 2. The molecule has 0 fully saturated rings. The molecule has 0 saturated carbocycles. The maximum atomic E-state index is 13.8. The van der Waals surface area contributed by atoms with Crippen LogP contribution in [0.5, 0.6) is 0 Å². The Morgan fingerprint density at radius 2 is 2.00 bits per heavy atom. The van der Waals surface area contributed by atoms with E-state index in [0.29, 0.717) is 16.9 Å². The number of aryl methyl sites for hydroxylation is 1. The SMILES string of the molecule is Cn1c(-c2ccccc2F)nc2cc(C(=O)O)ccc21. The fraction of sp³-hybridized carbons (Fsp3) is 0.0667. The van der Waals surface area contributed by atoms with Crippen LogP contribution in [-0.4, -0.2) is 20.6 Å². The average Bonchev–Trinajstić information content (AvgIpc) is 2.76. The van der Waals surface area contributed by atoms with E-state index in [0.717, 1.165) is 5.52 Å². The maximum Gasteiger partial charge on any atom is 0.335 e. The highest BCUT2D eigenvalue weighted by Gasteiger charge is 2.14. The summed E-state index contributed by atoms with van der Waals surface area (Å²) < 4.78 is 15.6. The lowest BCUT2D eigenvalue weighted by Gasteiger charge is -2.03. The predicted molar refractivity (Wildman–Crippen MR) is 73.1 cm³/mol. The molecule has 0 atom stereocenters. The zero-order valence-electron chi connectivity index (χ0n) is 10.7. The minimum atomic E-state index is -1.01. The Labute approximate surface area is 114 Å². The van der Waals surface area contributed by atoms with Gasteiger partial charge in [-0.15, -0.1) is 0 Å². The van der Waals surface area contributed by atoms with Gasteiger partial charge in [-0.25, -0.2) is 14.2 Å². The Bertz CT molecular complexity index is 824. The van der Waals surface area contributed by atoms with Gasteiger partial charge in [0.1, 0.15) is 11.6 Å². The van der Waals surface area contributed by atoms with E-state index in [2.05, 4.69) is 4.98 Å². The molecule has 5 heteroatoms. The Kier molecular flexibility index (Phi) is 2.75. The third-order valence-corrected chi connectivity index (χ3v) is 3.24. The van der Waals surface area contributed by atoms with E-state index in [1.54, 1.807) is 35.9 Å². The van der Waals surface area contributed by atoms with Crippen LogP contribution >= 0.6 is 0 Å². The van der Waals surface area contributed by atoms with Crippen molar-refractivity contribution >= 4 is 17.0 Å². The highest BCUT2D eigenvalue weighted by atomic mass is 19.1. The first-order chi connectivity index (χ1) is 9.58. The third kappa shape index (κ3) is 1.84. The zero-order chi connectivity index (χ0) is 14.3. The molecule has 1 heterocycles. The minimum Gasteiger partial charge on any atom is -0.478 e. The standard InChI is InChI=1S/C15H11FN2O2/c1-18-13-7-6-9(15(19)20)8-12(13)17-14(18)10-4-2-3-5-11(10)16/h2-8H,1H3,(H,19,20). The first-order valence-electron chi connectivity index (χ1n) is 6.02. The molecule has 0 radical (unpaired) electrons. The fourth-order valence-electron chi connectivity index (χ4n) is 2.22. The quantitative estimate of drug-likeness (QED) is 0.778. The lowest BCUT2D eigenvalue weighted by atomic mass is 10.2. The van der Waals surface area contributed by atoms with E-state index < -0.39 is 5.97 Å². The van der Waals surface area contributed by atoms with Crippen LogP contribution in [0.1, 0.15) is 10.4 Å². The molecule has 20 heavy (non-hydrogen) atoms. The molecule has 0 unspecified atom stereocenters. The maximum absolute atomic E-state index is 13.8. The number of halogens is 1. The van der Waals surface area contributed by atoms with Gasteiger partial charge in [-0.3, -0.25) is 0 Å². The lowest BCUT2D eigenvalue weighted by Crippen LogP contribution is -1.96. The van der Waals surface area contributed by atoms with Crippen molar-refractivity contribution in [1.29, 1.82) is 0 Å². The number of aromatic nitrogens is 2. The zero-order valence-corrected chi connectivity index (χ0v) is 10.7. The van der Waals surface area contributed by atoms with Crippen LogP contribution in [0.25, 0.3) is 22.4 Å². The van der Waals surface area contributed by atoms with Crippen molar-refractivity contribution in [2.24, 2.45) is 7.05 Å². The number of carboxylic acid groups (broad SMARTS) is 1. The fourth-order valence-corrected chi connectivity index (χ4v) is 2.22. The van der Waals surface area contributed by atoms with Gasteiger partial charge in [0.15, 0.2) is 0 Å². The molecule has 0 aliphatic carbocycles. The second-order valence-electron chi connectivity index (χ2n) is 4.48. The van der Waals surface area contributed by atoms with E-state index in [-0.39, 0.29) is 11.4 Å². The predicted octanol–water partition coefficient (Wildman–Crippen LogP) is 3.08. The molecule has 2 aromatic carbocycles. The summed E-state index contributed by atoms with van der Waals surface area (Å²) in [6, 6.07) is 11.0. The number of fused-ring (bicyclic) bond motifs is 1. The molecule has 3 aromatic rings. The summed E-state index contributed by atoms with van der Waals surface area (Å²) in [4.78, 5) is 15.3. The van der Waals surface area contributed by atoms with Gasteiger partial charge in [-0.2, -0.15) is 0 Å². The van der Waals surface area contributed by atoms with Crippen LogP contribution in [-0.2, 0) is 7.05 Å². The van der Waals surface area contributed by atoms with E-state index in [1.807, 2.05) is 0 Å². The lowest BCUT2D eigenvalue weighted by molar-refractivity contribution is 0.0697. The van der Waals surface area contributed by atoms with Crippen molar-refractivity contribution in [3.8, 4) is 11.4 Å². The van der Waals surface area contributed by atoms with Crippen LogP contribution in [0.4, 0.5) is 4.39 Å². The van der Waals surface area contributed by atoms with Gasteiger partial charge in [0, 0.05) is 7.05 Å². The number of hydrogen-bond donors (Lipinski definition) is 1. The summed E-state index contributed by atoms with van der Waals surface area (Å²) in [5.74, 6) is -0.894. The molecule has 4 nitrogen and oxygen atoms in total. The molecule has 0 spiro atoms. The smallest absolute Gasteiger partial charge is 0.335 e. The minimum absolute atomic E-state index is 0.163. The summed E-state index contributed by atoms with van der Waals surface area (Å²) in [6.07, 6.45) is 0. The van der Waals surface area contributed by atoms with Crippen molar-refractivity contribution in [2.45, 2.75) is 0 Å². The Morgan fingerprint density at radius 1 is 1.25 bits per heavy atom. The third-order valence-electron chi connectivity index (χ3n) is 3.24. The molecule has 0 aliphatic heterocycles. The molecule has 0 amide bonds. The average molecular weight is 270 g/mol. The van der Waals surface area contributed by atoms with Gasteiger partial charge >= 0.3 is 5.97 Å². The first-order valence-corrected chi connectivity index (χ1v) is 6.02. The summed E-state index contributed by atoms with van der Waals surface area (Å²) >= 11 is 0. The summed E-state index contributed by atoms with van der Waals surface area (Å²) in [5, 5.41) is 8.99. The molecule has 1 N–H and O–H groups in total. The van der Waals surface area contributed by atoms with Crippen molar-refractivity contribution in [1.82, 2.24) is 9.55 Å². The number of carbonyl (C=O) groups is 1. The number of nitrogens with zero attached hydrogens (tertiary/aromatic N) is 2. The van der Waals surface area contributed by atoms with Gasteiger partial charge in [-0.1, -0.05) is 12.1 Å². The largest absolute Gasteiger partial charge is 0.478 e. The molecule has 0 bridgehead atoms. The number of carboxylic acids is 1. The summed E-state index contributed by atoms with van der Waals surface area (Å²) in [5.41, 5.74) is 1.85. The highest BCUT2D eigenvalue weighted by Crippen LogP contribution is 2.26. The van der Waals surface area contributed by atoms with E-state index in [9.17, 15) is 9.18 Å². The Hall–Kier alpha value is -2.69. The van der Waals surface area contributed by atoms with Gasteiger partial charge in [0.05, 0.1) is 22.2 Å². The Morgan fingerprint density at radius 3 is 2.70 bits per heavy atom. The molecule has 100 valence electrons. The molecule has 1 aromatic heterocycles. The van der Waals surface area contributed by atoms with Gasteiger partial charge in [-0.05, 0) is 30.3 Å². The molecule has 3 rings (SSSR count). The van der Waals surface area contributed by atoms with Gasteiger partial charge in [0.2, 0.25) is 0 Å². The summed E-state index contributed by atoms with van der Waals surface area (Å²) in [6.45, 7) is 0. The second-order valence-corrected chi connectivity index (χ2v) is 4.48. The van der Waals surface area contributed by atoms with Crippen LogP contribution in [0, 0.1) is 5.82 Å². The normalized spacial score (nSPS) is 10.9. The number of benzene rings is 2. The van der Waals surface area contributed by atoms with Crippen LogP contribution in [0.3, 0.4) is 0 Å². The monoisotopic (exact) mass is 270 g/mol. The van der Waals surface area contributed by atoms with E-state index >= 15 is 0 Å². The number of rotatable bonds is 2. The van der Waals surface area contributed by atoms with Crippen LogP contribution in [0.2, 0.25) is 0 Å². The molecular formula is C15H11FN2O2. The van der Waals surface area contributed by atoms with Gasteiger partial charge < -0.3 is 9.67 Å². The van der Waals surface area contributed by atoms with E-state index in [4.69, 9.17) is 5.11 Å². The topological polar surface area (TPSA) is 55.1 Å². The number of imidazole rings is 1. The van der Waals surface area contributed by atoms with Crippen molar-refractivity contribution < 1.29 is 14.3 Å². The van der Waals surface area contributed by atoms with Crippen molar-refractivity contribution in [2.75, 3.05) is 0 Å². The molecule has 0 saturated heterocycles. The molecular weight excluding hydrogens is 259 g/mol. The van der Waals surface area contributed by atoms with E-state index in [1.165, 1.54) is 18.2 Å². The number of aromatic carboxylic acids is 1. The van der Waals surface area contributed by atoms with Crippen LogP contribution in [0.15, 0.2) is 42.5 Å². The van der Waals surface area contributed by atoms with Crippen molar-refractivity contribution in [3.05, 3.63) is 53.8 Å². The van der Waals surface area contributed by atoms with Crippen LogP contribution < -0.4 is 0 Å². The van der Waals surface area contributed by atoms with Gasteiger partial charge in [0.25, 0.3) is 0 Å². The second kappa shape index (κ2) is 4.45. The first kappa shape index (κ1) is 12.3.